The third-order valence-electron chi connectivity index (χ3n) is 4.68. The normalized spacial score (nSPS) is 17.6. The van der Waals surface area contributed by atoms with Crippen molar-refractivity contribution >= 4 is 29.2 Å². The maximum atomic E-state index is 6.05. The van der Waals surface area contributed by atoms with E-state index in [-0.39, 0.29) is 6.10 Å². The first-order chi connectivity index (χ1) is 13.7. The van der Waals surface area contributed by atoms with E-state index in [1.807, 2.05) is 35.2 Å². The Morgan fingerprint density at radius 1 is 1.18 bits per heavy atom. The van der Waals surface area contributed by atoms with Crippen molar-refractivity contribution in [3.8, 4) is 11.3 Å². The van der Waals surface area contributed by atoms with Crippen LogP contribution in [0.25, 0.3) is 11.3 Å². The lowest BCUT2D eigenvalue weighted by Crippen LogP contribution is -2.17. The molecule has 0 bridgehead atoms. The summed E-state index contributed by atoms with van der Waals surface area (Å²) in [4.78, 5) is 5.66. The molecule has 144 valence electrons. The van der Waals surface area contributed by atoms with Crippen LogP contribution in [-0.2, 0) is 4.74 Å². The van der Waals surface area contributed by atoms with Crippen LogP contribution in [0.2, 0.25) is 5.02 Å². The van der Waals surface area contributed by atoms with Crippen LogP contribution in [0.4, 0.5) is 0 Å². The third-order valence-corrected chi connectivity index (χ3v) is 5.79. The molecule has 1 atom stereocenters. The molecule has 28 heavy (non-hydrogen) atoms. The molecular weight excluding hydrogens is 390 g/mol. The van der Waals surface area contributed by atoms with Gasteiger partial charge in [-0.1, -0.05) is 53.6 Å². The molecule has 1 saturated heterocycles. The maximum absolute atomic E-state index is 6.05. The second kappa shape index (κ2) is 8.86. The largest absolute Gasteiger partial charge is 0.376 e. The predicted octanol–water partition coefficient (Wildman–Crippen LogP) is 5.14. The van der Waals surface area contributed by atoms with Gasteiger partial charge in [-0.2, -0.15) is 5.10 Å². The predicted molar refractivity (Wildman–Crippen MR) is 116 cm³/mol. The molecule has 0 amide bonds. The first kappa shape index (κ1) is 19.1. The molecule has 4 rings (SSSR count). The summed E-state index contributed by atoms with van der Waals surface area (Å²) in [5, 5.41) is 7.55. The van der Waals surface area contributed by atoms with Crippen molar-refractivity contribution in [3.05, 3.63) is 74.9 Å². The Morgan fingerprint density at radius 2 is 1.96 bits per heavy atom. The van der Waals surface area contributed by atoms with Gasteiger partial charge in [0.1, 0.15) is 0 Å². The van der Waals surface area contributed by atoms with Crippen LogP contribution in [-0.4, -0.2) is 30.1 Å². The summed E-state index contributed by atoms with van der Waals surface area (Å²) < 4.78 is 7.61. The Hall–Kier alpha value is -2.21. The number of ether oxygens (including phenoxy) is 1. The molecular formula is C22H22ClN3OS. The van der Waals surface area contributed by atoms with E-state index in [1.165, 1.54) is 5.56 Å². The number of benzene rings is 2. The highest BCUT2D eigenvalue weighted by Crippen LogP contribution is 2.22. The van der Waals surface area contributed by atoms with Crippen molar-refractivity contribution in [1.82, 2.24) is 4.68 Å². The highest BCUT2D eigenvalue weighted by molar-refractivity contribution is 7.07. The van der Waals surface area contributed by atoms with Gasteiger partial charge in [0.05, 0.1) is 24.6 Å². The maximum Gasteiger partial charge on any atom is 0.206 e. The summed E-state index contributed by atoms with van der Waals surface area (Å²) in [7, 11) is 0. The molecule has 3 aromatic rings. The zero-order chi connectivity index (χ0) is 19.3. The highest BCUT2D eigenvalue weighted by atomic mass is 35.5. The molecule has 2 heterocycles. The Balaban J connectivity index is 1.70. The highest BCUT2D eigenvalue weighted by Gasteiger charge is 2.15. The van der Waals surface area contributed by atoms with Crippen molar-refractivity contribution in [2.75, 3.05) is 13.2 Å². The smallest absolute Gasteiger partial charge is 0.206 e. The summed E-state index contributed by atoms with van der Waals surface area (Å²) >= 11 is 7.64. The van der Waals surface area contributed by atoms with Gasteiger partial charge in [-0.05, 0) is 37.5 Å². The van der Waals surface area contributed by atoms with E-state index < -0.39 is 0 Å². The zero-order valence-electron chi connectivity index (χ0n) is 15.7. The summed E-state index contributed by atoms with van der Waals surface area (Å²) in [6.45, 7) is 3.59. The number of hydrogen-bond donors (Lipinski definition) is 0. The topological polar surface area (TPSA) is 38.9 Å². The van der Waals surface area contributed by atoms with Crippen molar-refractivity contribution < 1.29 is 4.74 Å². The SMILES string of the molecule is Cc1ccc(C=Nn2c(-c3ccc(Cl)cc3)csc2=NCC2CCCO2)cc1. The fourth-order valence-electron chi connectivity index (χ4n) is 3.08. The summed E-state index contributed by atoms with van der Waals surface area (Å²) in [5.74, 6) is 0. The van der Waals surface area contributed by atoms with Gasteiger partial charge in [0, 0.05) is 22.6 Å². The van der Waals surface area contributed by atoms with E-state index in [1.54, 1.807) is 11.3 Å². The molecule has 0 saturated carbocycles. The molecule has 1 aromatic heterocycles. The number of thiazole rings is 1. The van der Waals surface area contributed by atoms with Crippen LogP contribution in [0.5, 0.6) is 0 Å². The minimum atomic E-state index is 0.218. The molecule has 0 radical (unpaired) electrons. The number of rotatable bonds is 5. The number of aromatic nitrogens is 1. The van der Waals surface area contributed by atoms with E-state index in [2.05, 4.69) is 36.6 Å². The van der Waals surface area contributed by atoms with Crippen molar-refractivity contribution in [2.45, 2.75) is 25.9 Å². The van der Waals surface area contributed by atoms with Gasteiger partial charge in [0.15, 0.2) is 0 Å². The minimum absolute atomic E-state index is 0.218. The molecule has 0 spiro atoms. The number of aryl methyl sites for hydroxylation is 1. The van der Waals surface area contributed by atoms with Crippen LogP contribution >= 0.6 is 22.9 Å². The molecule has 1 unspecified atom stereocenters. The quantitative estimate of drug-likeness (QED) is 0.535. The Bertz CT molecular complexity index is 1010. The Labute approximate surface area is 173 Å². The third kappa shape index (κ3) is 4.61. The van der Waals surface area contributed by atoms with Gasteiger partial charge in [-0.15, -0.1) is 11.3 Å². The summed E-state index contributed by atoms with van der Waals surface area (Å²) in [6, 6.07) is 16.1. The summed E-state index contributed by atoms with van der Waals surface area (Å²) in [5.41, 5.74) is 4.34. The van der Waals surface area contributed by atoms with E-state index in [9.17, 15) is 0 Å². The van der Waals surface area contributed by atoms with Gasteiger partial charge < -0.3 is 4.74 Å². The van der Waals surface area contributed by atoms with Crippen LogP contribution < -0.4 is 4.80 Å². The number of nitrogens with zero attached hydrogens (tertiary/aromatic N) is 3. The fraction of sp³-hybridized carbons (Fsp3) is 0.273. The van der Waals surface area contributed by atoms with Gasteiger partial charge >= 0.3 is 0 Å². The van der Waals surface area contributed by atoms with E-state index >= 15 is 0 Å². The molecule has 1 fully saturated rings. The molecule has 0 N–H and O–H groups in total. The molecule has 2 aromatic carbocycles. The van der Waals surface area contributed by atoms with Gasteiger partial charge in [0.25, 0.3) is 0 Å². The van der Waals surface area contributed by atoms with Gasteiger partial charge in [-0.3, -0.25) is 4.99 Å². The zero-order valence-corrected chi connectivity index (χ0v) is 17.3. The van der Waals surface area contributed by atoms with Crippen LogP contribution in [0.3, 0.4) is 0 Å². The van der Waals surface area contributed by atoms with Crippen molar-refractivity contribution in [2.24, 2.45) is 10.1 Å². The monoisotopic (exact) mass is 411 g/mol. The van der Waals surface area contributed by atoms with Crippen LogP contribution in [0.1, 0.15) is 24.0 Å². The standard InChI is InChI=1S/C22H22ClN3OS/c1-16-4-6-17(7-5-16)13-25-26-21(18-8-10-19(23)11-9-18)15-28-22(26)24-14-20-3-2-12-27-20/h4-11,13,15,20H,2-3,12,14H2,1H3. The average molecular weight is 412 g/mol. The van der Waals surface area contributed by atoms with Crippen molar-refractivity contribution in [1.29, 1.82) is 0 Å². The molecule has 0 aliphatic carbocycles. The Kier molecular flexibility index (Phi) is 6.05. The van der Waals surface area contributed by atoms with E-state index in [4.69, 9.17) is 26.4 Å². The first-order valence-corrected chi connectivity index (χ1v) is 10.6. The van der Waals surface area contributed by atoms with E-state index in [0.29, 0.717) is 6.54 Å². The molecule has 6 heteroatoms. The lowest BCUT2D eigenvalue weighted by Gasteiger charge is -2.06. The molecule has 1 aliphatic heterocycles. The number of halogens is 1. The first-order valence-electron chi connectivity index (χ1n) is 9.39. The van der Waals surface area contributed by atoms with E-state index in [0.717, 1.165) is 46.1 Å². The lowest BCUT2D eigenvalue weighted by atomic mass is 10.2. The van der Waals surface area contributed by atoms with Gasteiger partial charge in [-0.25, -0.2) is 4.68 Å². The number of hydrogen-bond acceptors (Lipinski definition) is 4. The second-order valence-electron chi connectivity index (χ2n) is 6.85. The minimum Gasteiger partial charge on any atom is -0.376 e. The summed E-state index contributed by atoms with van der Waals surface area (Å²) in [6.07, 6.45) is 4.28. The second-order valence-corrected chi connectivity index (χ2v) is 8.13. The Morgan fingerprint density at radius 3 is 2.68 bits per heavy atom. The van der Waals surface area contributed by atoms with Crippen molar-refractivity contribution in [3.63, 3.8) is 0 Å². The van der Waals surface area contributed by atoms with Crippen LogP contribution in [0.15, 0.2) is 64.0 Å². The lowest BCUT2D eigenvalue weighted by molar-refractivity contribution is 0.117. The molecule has 4 nitrogen and oxygen atoms in total. The van der Waals surface area contributed by atoms with Crippen LogP contribution in [0, 0.1) is 6.92 Å². The molecule has 1 aliphatic rings. The fourth-order valence-corrected chi connectivity index (χ4v) is 4.06. The average Bonchev–Trinajstić information content (AvgIpc) is 3.36. The van der Waals surface area contributed by atoms with Gasteiger partial charge in [0.2, 0.25) is 4.80 Å².